The monoisotopic (exact) mass is 424 g/mol. The van der Waals surface area contributed by atoms with Crippen molar-refractivity contribution in [1.82, 2.24) is 0 Å². The molecule has 0 saturated heterocycles. The van der Waals surface area contributed by atoms with Gasteiger partial charge in [0.05, 0.1) is 4.90 Å². The third-order valence-electron chi connectivity index (χ3n) is 4.69. The fourth-order valence-electron chi connectivity index (χ4n) is 2.78. The first-order chi connectivity index (χ1) is 14.3. The highest BCUT2D eigenvalue weighted by molar-refractivity contribution is 7.92. The molecule has 0 radical (unpaired) electrons. The number of aryl methyl sites for hydroxylation is 1. The summed E-state index contributed by atoms with van der Waals surface area (Å²) >= 11 is 0. The first-order valence-electron chi connectivity index (χ1n) is 9.48. The van der Waals surface area contributed by atoms with Crippen molar-refractivity contribution in [3.63, 3.8) is 0 Å². The molecular formula is C23H24N2O4S. The first-order valence-corrected chi connectivity index (χ1v) is 11.0. The van der Waals surface area contributed by atoms with Gasteiger partial charge >= 0.3 is 0 Å². The van der Waals surface area contributed by atoms with Crippen molar-refractivity contribution < 1.29 is 17.9 Å². The Balaban J connectivity index is 1.64. The summed E-state index contributed by atoms with van der Waals surface area (Å²) in [6.07, 6.45) is -0.714. The lowest BCUT2D eigenvalue weighted by Gasteiger charge is -2.17. The van der Waals surface area contributed by atoms with E-state index in [0.717, 1.165) is 11.1 Å². The number of amides is 1. The van der Waals surface area contributed by atoms with E-state index in [1.165, 1.54) is 12.1 Å². The van der Waals surface area contributed by atoms with Crippen LogP contribution in [0.15, 0.2) is 77.7 Å². The van der Waals surface area contributed by atoms with E-state index >= 15 is 0 Å². The highest BCUT2D eigenvalue weighted by atomic mass is 32.2. The van der Waals surface area contributed by atoms with Crippen LogP contribution in [0.2, 0.25) is 0 Å². The Bertz CT molecular complexity index is 1130. The standard InChI is InChI=1S/C23H24N2O4S/c1-16-8-7-11-22(17(16)2)29-18(3)23(26)24-19-12-14-21(15-13-19)30(27,28)25-20-9-5-4-6-10-20/h4-15,18,25H,1-3H3,(H,24,26)/t18-/m0/s1. The minimum atomic E-state index is -3.71. The quantitative estimate of drug-likeness (QED) is 0.584. The molecule has 1 atom stereocenters. The molecule has 3 aromatic rings. The highest BCUT2D eigenvalue weighted by Crippen LogP contribution is 2.22. The molecule has 0 aromatic heterocycles. The summed E-state index contributed by atoms with van der Waals surface area (Å²) in [6, 6.07) is 20.3. The van der Waals surface area contributed by atoms with Crippen LogP contribution in [0.1, 0.15) is 18.1 Å². The molecule has 0 aliphatic carbocycles. The number of carbonyl (C=O) groups excluding carboxylic acids is 1. The van der Waals surface area contributed by atoms with Crippen LogP contribution in [0.25, 0.3) is 0 Å². The number of para-hydroxylation sites is 1. The minimum Gasteiger partial charge on any atom is -0.481 e. The number of nitrogens with one attached hydrogen (secondary N) is 2. The van der Waals surface area contributed by atoms with Gasteiger partial charge in [0.25, 0.3) is 15.9 Å². The molecular weight excluding hydrogens is 400 g/mol. The lowest BCUT2D eigenvalue weighted by molar-refractivity contribution is -0.122. The molecule has 3 aromatic carbocycles. The largest absolute Gasteiger partial charge is 0.481 e. The van der Waals surface area contributed by atoms with Crippen molar-refractivity contribution in [2.45, 2.75) is 31.8 Å². The van der Waals surface area contributed by atoms with Crippen LogP contribution in [-0.4, -0.2) is 20.4 Å². The van der Waals surface area contributed by atoms with E-state index in [1.807, 2.05) is 32.0 Å². The van der Waals surface area contributed by atoms with Crippen LogP contribution in [-0.2, 0) is 14.8 Å². The summed E-state index contributed by atoms with van der Waals surface area (Å²) in [5, 5.41) is 2.75. The van der Waals surface area contributed by atoms with Crippen LogP contribution >= 0.6 is 0 Å². The molecule has 30 heavy (non-hydrogen) atoms. The summed E-state index contributed by atoms with van der Waals surface area (Å²) in [4.78, 5) is 12.6. The fraction of sp³-hybridized carbons (Fsp3) is 0.174. The Morgan fingerprint density at radius 1 is 0.867 bits per heavy atom. The number of ether oxygens (including phenoxy) is 1. The molecule has 7 heteroatoms. The van der Waals surface area contributed by atoms with Gasteiger partial charge in [0, 0.05) is 11.4 Å². The lowest BCUT2D eigenvalue weighted by atomic mass is 10.1. The van der Waals surface area contributed by atoms with E-state index in [4.69, 9.17) is 4.74 Å². The number of sulfonamides is 1. The summed E-state index contributed by atoms with van der Waals surface area (Å²) < 4.78 is 33.3. The third-order valence-corrected chi connectivity index (χ3v) is 6.08. The van der Waals surface area contributed by atoms with Gasteiger partial charge in [0.15, 0.2) is 6.10 Å². The smallest absolute Gasteiger partial charge is 0.265 e. The van der Waals surface area contributed by atoms with Crippen molar-refractivity contribution in [3.05, 3.63) is 83.9 Å². The van der Waals surface area contributed by atoms with E-state index in [0.29, 0.717) is 17.1 Å². The fourth-order valence-corrected chi connectivity index (χ4v) is 3.84. The summed E-state index contributed by atoms with van der Waals surface area (Å²) in [5.74, 6) is 0.333. The van der Waals surface area contributed by atoms with Crippen molar-refractivity contribution in [2.75, 3.05) is 10.0 Å². The maximum Gasteiger partial charge on any atom is 0.265 e. The third kappa shape index (κ3) is 5.18. The van der Waals surface area contributed by atoms with E-state index in [1.54, 1.807) is 49.4 Å². The molecule has 6 nitrogen and oxygen atoms in total. The molecule has 0 heterocycles. The second kappa shape index (κ2) is 9.00. The normalized spacial score (nSPS) is 12.1. The first kappa shape index (κ1) is 21.4. The second-order valence-electron chi connectivity index (χ2n) is 6.94. The Labute approximate surface area is 177 Å². The topological polar surface area (TPSA) is 84.5 Å². The maximum absolute atomic E-state index is 12.5. The molecule has 0 saturated carbocycles. The van der Waals surface area contributed by atoms with Gasteiger partial charge in [0.2, 0.25) is 0 Å². The number of hydrogen-bond acceptors (Lipinski definition) is 4. The van der Waals surface area contributed by atoms with Crippen molar-refractivity contribution in [2.24, 2.45) is 0 Å². The summed E-state index contributed by atoms with van der Waals surface area (Å²) in [5.41, 5.74) is 3.03. The second-order valence-corrected chi connectivity index (χ2v) is 8.63. The average molecular weight is 425 g/mol. The molecule has 3 rings (SSSR count). The molecule has 0 bridgehead atoms. The van der Waals surface area contributed by atoms with Gasteiger partial charge in [-0.25, -0.2) is 8.42 Å². The van der Waals surface area contributed by atoms with Gasteiger partial charge in [-0.2, -0.15) is 0 Å². The van der Waals surface area contributed by atoms with Crippen LogP contribution in [0.4, 0.5) is 11.4 Å². The van der Waals surface area contributed by atoms with Crippen LogP contribution in [0.5, 0.6) is 5.75 Å². The molecule has 0 unspecified atom stereocenters. The minimum absolute atomic E-state index is 0.101. The Kier molecular flexibility index (Phi) is 6.42. The van der Waals surface area contributed by atoms with Gasteiger partial charge in [-0.15, -0.1) is 0 Å². The van der Waals surface area contributed by atoms with E-state index in [-0.39, 0.29) is 10.8 Å². The van der Waals surface area contributed by atoms with Crippen molar-refractivity contribution in [3.8, 4) is 5.75 Å². The number of anilines is 2. The molecule has 156 valence electrons. The van der Waals surface area contributed by atoms with Crippen molar-refractivity contribution >= 4 is 27.3 Å². The Hall–Kier alpha value is -3.32. The van der Waals surface area contributed by atoms with Crippen molar-refractivity contribution in [1.29, 1.82) is 0 Å². The number of benzene rings is 3. The van der Waals surface area contributed by atoms with Gasteiger partial charge in [0.1, 0.15) is 5.75 Å². The predicted octanol–water partition coefficient (Wildman–Crippen LogP) is 4.51. The van der Waals surface area contributed by atoms with Crippen LogP contribution < -0.4 is 14.8 Å². The average Bonchev–Trinajstić information content (AvgIpc) is 2.72. The SMILES string of the molecule is Cc1cccc(O[C@@H](C)C(=O)Nc2ccc(S(=O)(=O)Nc3ccccc3)cc2)c1C. The number of carbonyl (C=O) groups is 1. The summed E-state index contributed by atoms with van der Waals surface area (Å²) in [7, 11) is -3.71. The number of hydrogen-bond donors (Lipinski definition) is 2. The lowest BCUT2D eigenvalue weighted by Crippen LogP contribution is -2.30. The molecule has 2 N–H and O–H groups in total. The number of rotatable bonds is 7. The zero-order valence-electron chi connectivity index (χ0n) is 17.0. The molecule has 1 amide bonds. The molecule has 0 aliphatic rings. The zero-order valence-corrected chi connectivity index (χ0v) is 17.9. The van der Waals surface area contributed by atoms with Crippen LogP contribution in [0, 0.1) is 13.8 Å². The van der Waals surface area contributed by atoms with E-state index < -0.39 is 16.1 Å². The Morgan fingerprint density at radius 3 is 2.20 bits per heavy atom. The predicted molar refractivity (Wildman–Crippen MR) is 118 cm³/mol. The maximum atomic E-state index is 12.5. The summed E-state index contributed by atoms with van der Waals surface area (Å²) in [6.45, 7) is 5.59. The van der Waals surface area contributed by atoms with Crippen LogP contribution in [0.3, 0.4) is 0 Å². The van der Waals surface area contributed by atoms with Gasteiger partial charge in [-0.05, 0) is 74.4 Å². The highest BCUT2D eigenvalue weighted by Gasteiger charge is 2.18. The van der Waals surface area contributed by atoms with Gasteiger partial charge in [-0.1, -0.05) is 30.3 Å². The molecule has 0 fully saturated rings. The van der Waals surface area contributed by atoms with Gasteiger partial charge in [-0.3, -0.25) is 9.52 Å². The van der Waals surface area contributed by atoms with Gasteiger partial charge < -0.3 is 10.1 Å². The zero-order chi connectivity index (χ0) is 21.7. The molecule has 0 spiro atoms. The Morgan fingerprint density at radius 2 is 1.53 bits per heavy atom. The van der Waals surface area contributed by atoms with E-state index in [2.05, 4.69) is 10.0 Å². The van der Waals surface area contributed by atoms with E-state index in [9.17, 15) is 13.2 Å². The molecule has 0 aliphatic heterocycles.